The number of anilines is 1. The standard InChI is InChI=1S/C14H14N4O2/c1-20-12-5-4-11(8-15-12)18-14(19)10-6-16-13(17-7-10)9-2-3-9/h4-9H,2-3H2,1H3,(H,18,19). The van der Waals surface area contributed by atoms with Gasteiger partial charge in [0.25, 0.3) is 5.91 Å². The summed E-state index contributed by atoms with van der Waals surface area (Å²) in [5, 5.41) is 2.74. The van der Waals surface area contributed by atoms with Crippen molar-refractivity contribution in [3.8, 4) is 5.88 Å². The summed E-state index contributed by atoms with van der Waals surface area (Å²) in [6, 6.07) is 3.41. The van der Waals surface area contributed by atoms with Gasteiger partial charge in [0.2, 0.25) is 5.88 Å². The molecule has 2 aromatic rings. The molecule has 0 unspecified atom stereocenters. The minimum Gasteiger partial charge on any atom is -0.481 e. The van der Waals surface area contributed by atoms with Gasteiger partial charge in [0, 0.05) is 24.4 Å². The van der Waals surface area contributed by atoms with E-state index in [0.717, 1.165) is 18.7 Å². The summed E-state index contributed by atoms with van der Waals surface area (Å²) in [4.78, 5) is 24.5. The van der Waals surface area contributed by atoms with Gasteiger partial charge >= 0.3 is 0 Å². The minimum absolute atomic E-state index is 0.251. The molecule has 1 fully saturated rings. The first-order chi connectivity index (χ1) is 9.76. The molecule has 0 radical (unpaired) electrons. The number of hydrogen-bond acceptors (Lipinski definition) is 5. The van der Waals surface area contributed by atoms with Crippen molar-refractivity contribution in [1.82, 2.24) is 15.0 Å². The lowest BCUT2D eigenvalue weighted by Gasteiger charge is -2.05. The van der Waals surface area contributed by atoms with Crippen LogP contribution in [0, 0.1) is 0 Å². The number of rotatable bonds is 4. The maximum atomic E-state index is 12.0. The molecule has 0 spiro atoms. The zero-order valence-corrected chi connectivity index (χ0v) is 11.0. The minimum atomic E-state index is -0.251. The molecule has 0 aliphatic heterocycles. The van der Waals surface area contributed by atoms with Gasteiger partial charge < -0.3 is 10.1 Å². The second kappa shape index (κ2) is 5.24. The topological polar surface area (TPSA) is 77.0 Å². The summed E-state index contributed by atoms with van der Waals surface area (Å²) in [7, 11) is 1.54. The number of methoxy groups -OCH3 is 1. The van der Waals surface area contributed by atoms with E-state index in [1.165, 1.54) is 6.20 Å². The molecule has 6 heteroatoms. The Hall–Kier alpha value is -2.50. The van der Waals surface area contributed by atoms with E-state index in [4.69, 9.17) is 4.74 Å². The Morgan fingerprint density at radius 2 is 1.95 bits per heavy atom. The highest BCUT2D eigenvalue weighted by molar-refractivity contribution is 6.03. The summed E-state index contributed by atoms with van der Waals surface area (Å²) in [6.07, 6.45) is 6.95. The first-order valence-corrected chi connectivity index (χ1v) is 6.39. The van der Waals surface area contributed by atoms with Crippen molar-refractivity contribution in [3.05, 3.63) is 42.1 Å². The highest BCUT2D eigenvalue weighted by Gasteiger charge is 2.26. The Bertz CT molecular complexity index is 606. The van der Waals surface area contributed by atoms with Crippen LogP contribution in [0.1, 0.15) is 34.9 Å². The molecule has 2 heterocycles. The molecule has 0 aromatic carbocycles. The van der Waals surface area contributed by atoms with Crippen molar-refractivity contribution in [2.75, 3.05) is 12.4 Å². The third-order valence-electron chi connectivity index (χ3n) is 3.08. The van der Waals surface area contributed by atoms with E-state index in [-0.39, 0.29) is 5.91 Å². The van der Waals surface area contributed by atoms with Crippen LogP contribution < -0.4 is 10.1 Å². The predicted molar refractivity (Wildman–Crippen MR) is 72.7 cm³/mol. The monoisotopic (exact) mass is 270 g/mol. The highest BCUT2D eigenvalue weighted by atomic mass is 16.5. The van der Waals surface area contributed by atoms with Gasteiger partial charge in [-0.15, -0.1) is 0 Å². The molecule has 102 valence electrons. The molecular weight excluding hydrogens is 256 g/mol. The van der Waals surface area contributed by atoms with Crippen LogP contribution in [0.25, 0.3) is 0 Å². The number of aromatic nitrogens is 3. The average Bonchev–Trinajstić information content (AvgIpc) is 3.33. The van der Waals surface area contributed by atoms with Crippen molar-refractivity contribution in [2.45, 2.75) is 18.8 Å². The Kier molecular flexibility index (Phi) is 3.28. The summed E-state index contributed by atoms with van der Waals surface area (Å²) in [5.74, 6) is 1.56. The number of hydrogen-bond donors (Lipinski definition) is 1. The summed E-state index contributed by atoms with van der Waals surface area (Å²) in [5.41, 5.74) is 1.03. The second-order valence-electron chi connectivity index (χ2n) is 4.65. The molecule has 1 aliphatic rings. The van der Waals surface area contributed by atoms with E-state index in [0.29, 0.717) is 23.0 Å². The molecular formula is C14H14N4O2. The predicted octanol–water partition coefficient (Wildman–Crippen LogP) is 2.01. The van der Waals surface area contributed by atoms with Crippen LogP contribution in [-0.2, 0) is 0 Å². The number of pyridine rings is 1. The molecule has 1 aliphatic carbocycles. The Morgan fingerprint density at radius 3 is 2.50 bits per heavy atom. The Labute approximate surface area is 116 Å². The van der Waals surface area contributed by atoms with Crippen LogP contribution >= 0.6 is 0 Å². The maximum absolute atomic E-state index is 12.0. The smallest absolute Gasteiger partial charge is 0.258 e. The van der Waals surface area contributed by atoms with Gasteiger partial charge in [0.15, 0.2) is 0 Å². The van der Waals surface area contributed by atoms with Gasteiger partial charge in [-0.1, -0.05) is 0 Å². The van der Waals surface area contributed by atoms with Crippen LogP contribution in [0.15, 0.2) is 30.7 Å². The molecule has 6 nitrogen and oxygen atoms in total. The molecule has 0 atom stereocenters. The van der Waals surface area contributed by atoms with Crippen LogP contribution in [0.3, 0.4) is 0 Å². The summed E-state index contributed by atoms with van der Waals surface area (Å²) >= 11 is 0. The Morgan fingerprint density at radius 1 is 1.20 bits per heavy atom. The van der Waals surface area contributed by atoms with E-state index in [1.54, 1.807) is 31.6 Å². The molecule has 20 heavy (non-hydrogen) atoms. The third kappa shape index (κ3) is 2.74. The van der Waals surface area contributed by atoms with Gasteiger partial charge in [-0.2, -0.15) is 0 Å². The first-order valence-electron chi connectivity index (χ1n) is 6.39. The van der Waals surface area contributed by atoms with Gasteiger partial charge in [-0.25, -0.2) is 15.0 Å². The molecule has 1 amide bonds. The number of nitrogens with zero attached hydrogens (tertiary/aromatic N) is 3. The number of carbonyl (C=O) groups is 1. The molecule has 3 rings (SSSR count). The van der Waals surface area contributed by atoms with Gasteiger partial charge in [0.05, 0.1) is 24.6 Å². The lowest BCUT2D eigenvalue weighted by molar-refractivity contribution is 0.102. The molecule has 1 N–H and O–H groups in total. The van der Waals surface area contributed by atoms with Crippen molar-refractivity contribution >= 4 is 11.6 Å². The fraction of sp³-hybridized carbons (Fsp3) is 0.286. The molecule has 0 bridgehead atoms. The van der Waals surface area contributed by atoms with Crippen LogP contribution in [0.2, 0.25) is 0 Å². The van der Waals surface area contributed by atoms with E-state index < -0.39 is 0 Å². The van der Waals surface area contributed by atoms with Crippen LogP contribution in [-0.4, -0.2) is 28.0 Å². The number of ether oxygens (including phenoxy) is 1. The maximum Gasteiger partial charge on any atom is 0.258 e. The fourth-order valence-corrected chi connectivity index (χ4v) is 1.79. The van der Waals surface area contributed by atoms with Crippen LogP contribution in [0.4, 0.5) is 5.69 Å². The normalized spacial score (nSPS) is 13.8. The lowest BCUT2D eigenvalue weighted by Crippen LogP contribution is -2.13. The zero-order valence-electron chi connectivity index (χ0n) is 11.0. The SMILES string of the molecule is COc1ccc(NC(=O)c2cnc(C3CC3)nc2)cn1. The largest absolute Gasteiger partial charge is 0.481 e. The number of amides is 1. The van der Waals surface area contributed by atoms with Gasteiger partial charge in [-0.05, 0) is 18.9 Å². The molecule has 0 saturated heterocycles. The quantitative estimate of drug-likeness (QED) is 0.919. The van der Waals surface area contributed by atoms with E-state index in [9.17, 15) is 4.79 Å². The number of carbonyl (C=O) groups excluding carboxylic acids is 1. The lowest BCUT2D eigenvalue weighted by atomic mass is 10.3. The third-order valence-corrected chi connectivity index (χ3v) is 3.08. The first kappa shape index (κ1) is 12.5. The van der Waals surface area contributed by atoms with Crippen molar-refractivity contribution in [2.24, 2.45) is 0 Å². The molecule has 2 aromatic heterocycles. The van der Waals surface area contributed by atoms with E-state index in [1.807, 2.05) is 0 Å². The van der Waals surface area contributed by atoms with Crippen molar-refractivity contribution < 1.29 is 9.53 Å². The van der Waals surface area contributed by atoms with Gasteiger partial charge in [0.1, 0.15) is 5.82 Å². The van der Waals surface area contributed by atoms with E-state index in [2.05, 4.69) is 20.3 Å². The van der Waals surface area contributed by atoms with Gasteiger partial charge in [-0.3, -0.25) is 4.79 Å². The molecule has 1 saturated carbocycles. The van der Waals surface area contributed by atoms with E-state index >= 15 is 0 Å². The second-order valence-corrected chi connectivity index (χ2v) is 4.65. The van der Waals surface area contributed by atoms with Crippen molar-refractivity contribution in [3.63, 3.8) is 0 Å². The fourth-order valence-electron chi connectivity index (χ4n) is 1.79. The summed E-state index contributed by atoms with van der Waals surface area (Å²) in [6.45, 7) is 0. The van der Waals surface area contributed by atoms with Crippen molar-refractivity contribution in [1.29, 1.82) is 0 Å². The number of nitrogens with one attached hydrogen (secondary N) is 1. The summed E-state index contributed by atoms with van der Waals surface area (Å²) < 4.78 is 4.96. The van der Waals surface area contributed by atoms with Crippen LogP contribution in [0.5, 0.6) is 5.88 Å². The average molecular weight is 270 g/mol. The Balaban J connectivity index is 1.68. The zero-order chi connectivity index (χ0) is 13.9. The highest BCUT2D eigenvalue weighted by Crippen LogP contribution is 2.37.